The number of nitrogens with two attached hydrogens (primary N) is 2. The third-order valence-corrected chi connectivity index (χ3v) is 3.02. The highest BCUT2D eigenvalue weighted by Crippen LogP contribution is 2.19. The lowest BCUT2D eigenvalue weighted by molar-refractivity contribution is 0.683. The van der Waals surface area contributed by atoms with Crippen LogP contribution in [0.25, 0.3) is 6.08 Å². The Morgan fingerprint density at radius 1 is 1.05 bits per heavy atom. The first kappa shape index (κ1) is 15.4. The summed E-state index contributed by atoms with van der Waals surface area (Å²) >= 11 is 0. The van der Waals surface area contributed by atoms with Crippen molar-refractivity contribution in [3.05, 3.63) is 35.9 Å². The molecule has 4 nitrogen and oxygen atoms in total. The van der Waals surface area contributed by atoms with E-state index in [0.29, 0.717) is 0 Å². The average molecular weight is 260 g/mol. The Balaban J connectivity index is 0.000000861. The van der Waals surface area contributed by atoms with Crippen molar-refractivity contribution in [1.29, 1.82) is 0 Å². The van der Waals surface area contributed by atoms with Gasteiger partial charge in [0.1, 0.15) is 0 Å². The Morgan fingerprint density at radius 2 is 1.84 bits per heavy atom. The molecule has 0 aromatic heterocycles. The van der Waals surface area contributed by atoms with E-state index in [1.54, 1.807) is 0 Å². The molecule has 104 valence electrons. The largest absolute Gasteiger partial charge is 0.278 e. The number of rotatable bonds is 5. The van der Waals surface area contributed by atoms with Crippen molar-refractivity contribution in [2.24, 2.45) is 16.8 Å². The first-order valence-electron chi connectivity index (χ1n) is 6.83. The Bertz CT molecular complexity index is 424. The van der Waals surface area contributed by atoms with E-state index in [4.69, 9.17) is 0 Å². The van der Waals surface area contributed by atoms with Gasteiger partial charge in [-0.3, -0.25) is 17.1 Å². The molecule has 0 saturated carbocycles. The summed E-state index contributed by atoms with van der Waals surface area (Å²) in [5, 5.41) is 4.44. The standard InChI is InChI=1S/C15H20N2.H4N2/c1-2-3-4-5-9-14-12-11-13-8-6-7-10-15(13)17-16-14;1-2/h6-8,10-12,17H,2-5,9H2,1H3;1-2H2. The number of fused-ring (bicyclic) bond motifs is 1. The Kier molecular flexibility index (Phi) is 7.54. The van der Waals surface area contributed by atoms with Crippen molar-refractivity contribution in [1.82, 2.24) is 0 Å². The van der Waals surface area contributed by atoms with Crippen LogP contribution in [0.15, 0.2) is 35.4 Å². The lowest BCUT2D eigenvalue weighted by Gasteiger charge is -2.03. The zero-order chi connectivity index (χ0) is 13.9. The first-order chi connectivity index (χ1) is 9.40. The number of hydrazine groups is 1. The fraction of sp³-hybridized carbons (Fsp3) is 0.400. The maximum atomic E-state index is 4.44. The average Bonchev–Trinajstić information content (AvgIpc) is 2.69. The van der Waals surface area contributed by atoms with Crippen molar-refractivity contribution < 1.29 is 0 Å². The molecule has 2 rings (SSSR count). The molecule has 1 aliphatic rings. The van der Waals surface area contributed by atoms with Crippen molar-refractivity contribution >= 4 is 17.5 Å². The van der Waals surface area contributed by atoms with E-state index >= 15 is 0 Å². The van der Waals surface area contributed by atoms with E-state index < -0.39 is 0 Å². The molecule has 0 aliphatic carbocycles. The molecule has 4 heteroatoms. The lowest BCUT2D eigenvalue weighted by atomic mass is 10.1. The minimum absolute atomic E-state index is 1.07. The summed E-state index contributed by atoms with van der Waals surface area (Å²) in [5.41, 5.74) is 6.59. The number of hydrazone groups is 1. The van der Waals surface area contributed by atoms with Crippen LogP contribution in [0.2, 0.25) is 0 Å². The van der Waals surface area contributed by atoms with Crippen LogP contribution in [0.3, 0.4) is 0 Å². The van der Waals surface area contributed by atoms with E-state index in [1.807, 2.05) is 6.07 Å². The topological polar surface area (TPSA) is 76.4 Å². The van der Waals surface area contributed by atoms with E-state index in [9.17, 15) is 0 Å². The van der Waals surface area contributed by atoms with Gasteiger partial charge in [0.2, 0.25) is 0 Å². The second-order valence-electron chi connectivity index (χ2n) is 4.45. The summed E-state index contributed by atoms with van der Waals surface area (Å²) in [7, 11) is 0. The molecule has 0 atom stereocenters. The molecular weight excluding hydrogens is 236 g/mol. The molecular formula is C15H24N4. The summed E-state index contributed by atoms with van der Waals surface area (Å²) in [6.45, 7) is 2.24. The SMILES string of the molecule is CCCCCCC1=NNc2ccccc2C=C1.NN. The zero-order valence-electron chi connectivity index (χ0n) is 11.6. The maximum absolute atomic E-state index is 4.44. The predicted octanol–water partition coefficient (Wildman–Crippen LogP) is 3.27. The van der Waals surface area contributed by atoms with E-state index in [-0.39, 0.29) is 0 Å². The van der Waals surface area contributed by atoms with Crippen LogP contribution in [0, 0.1) is 0 Å². The highest BCUT2D eigenvalue weighted by molar-refractivity contribution is 6.00. The van der Waals surface area contributed by atoms with Crippen molar-refractivity contribution in [3.63, 3.8) is 0 Å². The van der Waals surface area contributed by atoms with Gasteiger partial charge >= 0.3 is 0 Å². The molecule has 0 saturated heterocycles. The quantitative estimate of drug-likeness (QED) is 0.432. The number of nitrogens with one attached hydrogen (secondary N) is 1. The lowest BCUT2D eigenvalue weighted by Crippen LogP contribution is -2.02. The van der Waals surface area contributed by atoms with Gasteiger partial charge in [-0.15, -0.1) is 0 Å². The fourth-order valence-electron chi connectivity index (χ4n) is 1.97. The van der Waals surface area contributed by atoms with Crippen LogP contribution < -0.4 is 17.1 Å². The third-order valence-electron chi connectivity index (χ3n) is 3.02. The zero-order valence-corrected chi connectivity index (χ0v) is 11.6. The van der Waals surface area contributed by atoms with Crippen LogP contribution in [-0.4, -0.2) is 5.71 Å². The normalized spacial score (nSPS) is 12.5. The molecule has 0 bridgehead atoms. The molecule has 5 N–H and O–H groups in total. The van der Waals surface area contributed by atoms with Crippen LogP contribution in [0.1, 0.15) is 44.6 Å². The van der Waals surface area contributed by atoms with Gasteiger partial charge in [-0.2, -0.15) is 5.10 Å². The van der Waals surface area contributed by atoms with Gasteiger partial charge in [-0.25, -0.2) is 0 Å². The summed E-state index contributed by atoms with van der Waals surface area (Å²) in [6.07, 6.45) is 10.5. The monoisotopic (exact) mass is 260 g/mol. The number of allylic oxidation sites excluding steroid dienone is 1. The summed E-state index contributed by atoms with van der Waals surface area (Å²) < 4.78 is 0. The van der Waals surface area contributed by atoms with Gasteiger partial charge in [0.15, 0.2) is 0 Å². The molecule has 0 spiro atoms. The first-order valence-corrected chi connectivity index (χ1v) is 6.83. The Morgan fingerprint density at radius 3 is 2.63 bits per heavy atom. The highest BCUT2D eigenvalue weighted by Gasteiger charge is 2.03. The molecule has 1 heterocycles. The minimum Gasteiger partial charge on any atom is -0.278 e. The molecule has 0 unspecified atom stereocenters. The van der Waals surface area contributed by atoms with Crippen LogP contribution in [0.4, 0.5) is 5.69 Å². The van der Waals surface area contributed by atoms with E-state index in [2.05, 4.69) is 59.5 Å². The Labute approximate surface area is 115 Å². The van der Waals surface area contributed by atoms with E-state index in [1.165, 1.54) is 31.2 Å². The molecule has 1 aromatic carbocycles. The minimum atomic E-state index is 1.07. The fourth-order valence-corrected chi connectivity index (χ4v) is 1.97. The van der Waals surface area contributed by atoms with Gasteiger partial charge < -0.3 is 0 Å². The van der Waals surface area contributed by atoms with Crippen LogP contribution in [0.5, 0.6) is 0 Å². The second-order valence-corrected chi connectivity index (χ2v) is 4.45. The van der Waals surface area contributed by atoms with Gasteiger partial charge in [0, 0.05) is 0 Å². The summed E-state index contributed by atoms with van der Waals surface area (Å²) in [5.74, 6) is 8.00. The molecule has 0 amide bonds. The second kappa shape index (κ2) is 9.30. The number of nitrogens with zero attached hydrogens (tertiary/aromatic N) is 1. The predicted molar refractivity (Wildman–Crippen MR) is 83.7 cm³/mol. The number of hydrogen-bond acceptors (Lipinski definition) is 4. The van der Waals surface area contributed by atoms with Crippen molar-refractivity contribution in [2.75, 3.05) is 5.43 Å². The molecule has 0 fully saturated rings. The maximum Gasteiger partial charge on any atom is 0.0634 e. The third kappa shape index (κ3) is 5.24. The number of para-hydroxylation sites is 1. The van der Waals surface area contributed by atoms with Gasteiger partial charge in [0.05, 0.1) is 11.4 Å². The van der Waals surface area contributed by atoms with Crippen LogP contribution >= 0.6 is 0 Å². The van der Waals surface area contributed by atoms with Crippen molar-refractivity contribution in [3.8, 4) is 0 Å². The van der Waals surface area contributed by atoms with Gasteiger partial charge in [0.25, 0.3) is 0 Å². The number of anilines is 1. The molecule has 1 aromatic rings. The van der Waals surface area contributed by atoms with Crippen molar-refractivity contribution in [2.45, 2.75) is 39.0 Å². The van der Waals surface area contributed by atoms with E-state index in [0.717, 1.165) is 17.8 Å². The molecule has 19 heavy (non-hydrogen) atoms. The van der Waals surface area contributed by atoms with Gasteiger partial charge in [-0.1, -0.05) is 50.5 Å². The number of hydrogen-bond donors (Lipinski definition) is 3. The molecule has 1 aliphatic heterocycles. The smallest absolute Gasteiger partial charge is 0.0634 e. The number of unbranched alkanes of at least 4 members (excludes halogenated alkanes) is 3. The summed E-state index contributed by atoms with van der Waals surface area (Å²) in [4.78, 5) is 0. The van der Waals surface area contributed by atoms with Gasteiger partial charge in [-0.05, 0) is 30.5 Å². The molecule has 0 radical (unpaired) electrons. The highest BCUT2D eigenvalue weighted by atomic mass is 15.3. The number of benzene rings is 1. The Hall–Kier alpha value is -1.65. The van der Waals surface area contributed by atoms with Crippen LogP contribution in [-0.2, 0) is 0 Å². The summed E-state index contributed by atoms with van der Waals surface area (Å²) in [6, 6.07) is 8.25.